The number of furan rings is 1. The van der Waals surface area contributed by atoms with Crippen molar-refractivity contribution in [2.75, 3.05) is 6.61 Å². The summed E-state index contributed by atoms with van der Waals surface area (Å²) in [6, 6.07) is 11.5. The molecule has 2 rings (SSSR count). The van der Waals surface area contributed by atoms with Crippen molar-refractivity contribution in [2.45, 2.75) is 25.9 Å². The van der Waals surface area contributed by atoms with Crippen LogP contribution in [0.5, 0.6) is 0 Å². The standard InChI is InChI=1S/C15H18ClNO2/c1-15(2,10-18)17-9-13-6-7-14(19-13)11-4-3-5-12(16)8-11/h3-8,17-18H,9-10H2,1-2H3/p+1. The van der Waals surface area contributed by atoms with Crippen LogP contribution in [-0.4, -0.2) is 17.3 Å². The van der Waals surface area contributed by atoms with Crippen LogP contribution in [-0.2, 0) is 6.54 Å². The van der Waals surface area contributed by atoms with Gasteiger partial charge in [0, 0.05) is 10.6 Å². The number of hydrogen-bond acceptors (Lipinski definition) is 2. The van der Waals surface area contributed by atoms with E-state index in [0.717, 1.165) is 17.1 Å². The first-order valence-corrected chi connectivity index (χ1v) is 6.68. The van der Waals surface area contributed by atoms with Gasteiger partial charge in [0.05, 0.1) is 6.61 Å². The van der Waals surface area contributed by atoms with Crippen molar-refractivity contribution in [1.29, 1.82) is 0 Å². The Labute approximate surface area is 118 Å². The summed E-state index contributed by atoms with van der Waals surface area (Å²) in [4.78, 5) is 0. The Morgan fingerprint density at radius 1 is 1.26 bits per heavy atom. The third-order valence-electron chi connectivity index (χ3n) is 3.03. The maximum Gasteiger partial charge on any atom is 0.158 e. The molecule has 102 valence electrons. The second kappa shape index (κ2) is 5.78. The van der Waals surface area contributed by atoms with Crippen LogP contribution in [0, 0.1) is 0 Å². The van der Waals surface area contributed by atoms with Gasteiger partial charge in [-0.2, -0.15) is 0 Å². The van der Waals surface area contributed by atoms with Crippen LogP contribution in [0.3, 0.4) is 0 Å². The molecule has 0 saturated carbocycles. The van der Waals surface area contributed by atoms with E-state index < -0.39 is 0 Å². The zero-order valence-electron chi connectivity index (χ0n) is 11.2. The van der Waals surface area contributed by atoms with E-state index in [2.05, 4.69) is 5.32 Å². The lowest BCUT2D eigenvalue weighted by molar-refractivity contribution is -0.738. The smallest absolute Gasteiger partial charge is 0.158 e. The van der Waals surface area contributed by atoms with E-state index >= 15 is 0 Å². The molecule has 0 unspecified atom stereocenters. The molecular weight excluding hydrogens is 262 g/mol. The molecule has 3 nitrogen and oxygen atoms in total. The van der Waals surface area contributed by atoms with Crippen LogP contribution in [0.15, 0.2) is 40.8 Å². The highest BCUT2D eigenvalue weighted by molar-refractivity contribution is 6.30. The molecule has 4 heteroatoms. The van der Waals surface area contributed by atoms with Crippen molar-refractivity contribution in [3.8, 4) is 11.3 Å². The summed E-state index contributed by atoms with van der Waals surface area (Å²) in [5.74, 6) is 1.70. The van der Waals surface area contributed by atoms with E-state index in [4.69, 9.17) is 16.0 Å². The summed E-state index contributed by atoms with van der Waals surface area (Å²) < 4.78 is 5.79. The number of benzene rings is 1. The average molecular weight is 281 g/mol. The molecule has 0 saturated heterocycles. The van der Waals surface area contributed by atoms with Gasteiger partial charge in [-0.05, 0) is 38.1 Å². The second-order valence-electron chi connectivity index (χ2n) is 5.33. The molecule has 1 aromatic carbocycles. The van der Waals surface area contributed by atoms with Crippen molar-refractivity contribution in [3.05, 3.63) is 47.2 Å². The Kier molecular flexibility index (Phi) is 4.30. The zero-order chi connectivity index (χ0) is 13.9. The first-order chi connectivity index (χ1) is 9.00. The van der Waals surface area contributed by atoms with Gasteiger partial charge in [-0.3, -0.25) is 0 Å². The first kappa shape index (κ1) is 14.1. The van der Waals surface area contributed by atoms with Crippen molar-refractivity contribution in [3.63, 3.8) is 0 Å². The Morgan fingerprint density at radius 3 is 2.74 bits per heavy atom. The lowest BCUT2D eigenvalue weighted by Gasteiger charge is -2.18. The van der Waals surface area contributed by atoms with E-state index in [9.17, 15) is 5.11 Å². The zero-order valence-corrected chi connectivity index (χ0v) is 11.9. The quantitative estimate of drug-likeness (QED) is 0.884. The lowest BCUT2D eigenvalue weighted by atomic mass is 10.1. The minimum Gasteiger partial charge on any atom is -0.455 e. The van der Waals surface area contributed by atoms with Gasteiger partial charge in [0.15, 0.2) is 5.76 Å². The fraction of sp³-hybridized carbons (Fsp3) is 0.333. The molecule has 0 fully saturated rings. The van der Waals surface area contributed by atoms with Crippen LogP contribution < -0.4 is 5.32 Å². The predicted molar refractivity (Wildman–Crippen MR) is 75.9 cm³/mol. The molecule has 0 aliphatic rings. The minimum absolute atomic E-state index is 0.134. The number of aliphatic hydroxyl groups excluding tert-OH is 1. The highest BCUT2D eigenvalue weighted by Crippen LogP contribution is 2.24. The predicted octanol–water partition coefficient (Wildman–Crippen LogP) is 2.43. The number of nitrogens with two attached hydrogens (primary N) is 1. The van der Waals surface area contributed by atoms with E-state index in [1.165, 1.54) is 0 Å². The van der Waals surface area contributed by atoms with Crippen molar-refractivity contribution in [2.24, 2.45) is 0 Å². The third kappa shape index (κ3) is 3.83. The molecule has 0 amide bonds. The molecule has 1 heterocycles. The van der Waals surface area contributed by atoms with Crippen molar-refractivity contribution < 1.29 is 14.8 Å². The summed E-state index contributed by atoms with van der Waals surface area (Å²) in [5, 5.41) is 12.0. The van der Waals surface area contributed by atoms with Gasteiger partial charge in [-0.1, -0.05) is 23.7 Å². The molecule has 2 aromatic rings. The molecule has 0 aliphatic carbocycles. The Hall–Kier alpha value is -1.29. The maximum atomic E-state index is 9.21. The van der Waals surface area contributed by atoms with Crippen LogP contribution in [0.1, 0.15) is 19.6 Å². The summed E-state index contributed by atoms with van der Waals surface area (Å²) in [5.41, 5.74) is 0.781. The highest BCUT2D eigenvalue weighted by Gasteiger charge is 2.20. The van der Waals surface area contributed by atoms with Crippen LogP contribution in [0.2, 0.25) is 5.02 Å². The van der Waals surface area contributed by atoms with E-state index in [1.54, 1.807) is 0 Å². The van der Waals surface area contributed by atoms with E-state index in [1.807, 2.05) is 50.2 Å². The lowest BCUT2D eigenvalue weighted by Crippen LogP contribution is -2.95. The summed E-state index contributed by atoms with van der Waals surface area (Å²) in [6.45, 7) is 4.82. The summed E-state index contributed by atoms with van der Waals surface area (Å²) in [6.07, 6.45) is 0. The monoisotopic (exact) mass is 280 g/mol. The van der Waals surface area contributed by atoms with Crippen LogP contribution >= 0.6 is 11.6 Å². The van der Waals surface area contributed by atoms with Gasteiger partial charge in [-0.25, -0.2) is 0 Å². The van der Waals surface area contributed by atoms with Gasteiger partial charge in [0.2, 0.25) is 0 Å². The first-order valence-electron chi connectivity index (χ1n) is 6.30. The topological polar surface area (TPSA) is 50.0 Å². The number of halogens is 1. The number of aliphatic hydroxyl groups is 1. The molecule has 0 aliphatic heterocycles. The molecule has 0 spiro atoms. The SMILES string of the molecule is CC(C)(CO)[NH2+]Cc1ccc(-c2cccc(Cl)c2)o1. The fourth-order valence-corrected chi connectivity index (χ4v) is 1.92. The molecule has 0 atom stereocenters. The molecule has 1 aromatic heterocycles. The third-order valence-corrected chi connectivity index (χ3v) is 3.27. The van der Waals surface area contributed by atoms with Gasteiger partial charge in [-0.15, -0.1) is 0 Å². The average Bonchev–Trinajstić information content (AvgIpc) is 2.85. The number of hydrogen-bond donors (Lipinski definition) is 2. The summed E-state index contributed by atoms with van der Waals surface area (Å²) in [7, 11) is 0. The van der Waals surface area contributed by atoms with Gasteiger partial charge < -0.3 is 14.8 Å². The molecule has 0 bridgehead atoms. The molecule has 19 heavy (non-hydrogen) atoms. The Balaban J connectivity index is 2.07. The second-order valence-corrected chi connectivity index (χ2v) is 5.77. The minimum atomic E-state index is -0.191. The van der Waals surface area contributed by atoms with Crippen molar-refractivity contribution in [1.82, 2.24) is 0 Å². The number of rotatable bonds is 5. The fourth-order valence-electron chi connectivity index (χ4n) is 1.73. The molecular formula is C15H19ClNO2+. The van der Waals surface area contributed by atoms with Crippen LogP contribution in [0.4, 0.5) is 0 Å². The summed E-state index contributed by atoms with van der Waals surface area (Å²) >= 11 is 5.97. The Bertz CT molecular complexity index is 549. The van der Waals surface area contributed by atoms with Crippen LogP contribution in [0.25, 0.3) is 11.3 Å². The normalized spacial score (nSPS) is 11.8. The largest absolute Gasteiger partial charge is 0.455 e. The molecule has 3 N–H and O–H groups in total. The van der Waals surface area contributed by atoms with Crippen molar-refractivity contribution >= 4 is 11.6 Å². The van der Waals surface area contributed by atoms with Gasteiger partial charge in [0.25, 0.3) is 0 Å². The Morgan fingerprint density at radius 2 is 2.05 bits per heavy atom. The van der Waals surface area contributed by atoms with Gasteiger partial charge in [0.1, 0.15) is 17.8 Å². The highest BCUT2D eigenvalue weighted by atomic mass is 35.5. The van der Waals surface area contributed by atoms with Gasteiger partial charge >= 0.3 is 0 Å². The number of quaternary nitrogens is 1. The maximum absolute atomic E-state index is 9.21. The molecule has 0 radical (unpaired) electrons. The van der Waals surface area contributed by atoms with E-state index in [0.29, 0.717) is 11.6 Å². The van der Waals surface area contributed by atoms with E-state index in [-0.39, 0.29) is 12.1 Å².